The average Bonchev–Trinajstić information content (AvgIpc) is 2.59. The fourth-order valence-electron chi connectivity index (χ4n) is 1.40. The highest BCUT2D eigenvalue weighted by atomic mass is 16.6. The number of hydrogen-bond donors (Lipinski definition) is 1. The highest BCUT2D eigenvalue weighted by Crippen LogP contribution is 2.20. The zero-order valence-corrected chi connectivity index (χ0v) is 8.86. The summed E-state index contributed by atoms with van der Waals surface area (Å²) in [6.07, 6.45) is 0.377. The quantitative estimate of drug-likeness (QED) is 0.828. The number of aromatic nitrogens is 1. The summed E-state index contributed by atoms with van der Waals surface area (Å²) in [4.78, 5) is 4.22. The Morgan fingerprint density at radius 3 is 3.00 bits per heavy atom. The number of likely N-dealkylation sites (N-methyl/N-ethyl adjacent to an activating group) is 1. The number of rotatable bonds is 4. The van der Waals surface area contributed by atoms with E-state index in [0.717, 1.165) is 17.6 Å². The van der Waals surface area contributed by atoms with Gasteiger partial charge < -0.3 is 14.5 Å². The van der Waals surface area contributed by atoms with Crippen molar-refractivity contribution in [1.29, 1.82) is 0 Å². The summed E-state index contributed by atoms with van der Waals surface area (Å²) in [6.45, 7) is 2.73. The van der Waals surface area contributed by atoms with Gasteiger partial charge in [-0.2, -0.15) is 4.98 Å². The van der Waals surface area contributed by atoms with Gasteiger partial charge in [0.25, 0.3) is 0 Å². The molecular formula is C11H14N2O2. The topological polar surface area (TPSA) is 47.3 Å². The van der Waals surface area contributed by atoms with Gasteiger partial charge in [0.05, 0.1) is 0 Å². The molecule has 0 amide bonds. The van der Waals surface area contributed by atoms with E-state index in [-0.39, 0.29) is 6.10 Å². The van der Waals surface area contributed by atoms with Crippen LogP contribution in [-0.2, 0) is 0 Å². The maximum absolute atomic E-state index is 5.50. The molecule has 0 aliphatic heterocycles. The van der Waals surface area contributed by atoms with E-state index in [0.29, 0.717) is 6.08 Å². The van der Waals surface area contributed by atoms with E-state index in [1.165, 1.54) is 0 Å². The molecule has 1 heterocycles. The van der Waals surface area contributed by atoms with Crippen molar-refractivity contribution >= 4 is 11.1 Å². The van der Waals surface area contributed by atoms with Crippen molar-refractivity contribution < 1.29 is 9.15 Å². The zero-order chi connectivity index (χ0) is 10.7. The van der Waals surface area contributed by atoms with Crippen LogP contribution < -0.4 is 10.1 Å². The van der Waals surface area contributed by atoms with Crippen LogP contribution >= 0.6 is 0 Å². The smallest absolute Gasteiger partial charge is 0.394 e. The fourth-order valence-corrected chi connectivity index (χ4v) is 1.40. The first kappa shape index (κ1) is 9.98. The molecule has 15 heavy (non-hydrogen) atoms. The summed E-state index contributed by atoms with van der Waals surface area (Å²) in [7, 11) is 1.88. The highest BCUT2D eigenvalue weighted by Gasteiger charge is 2.09. The van der Waals surface area contributed by atoms with Gasteiger partial charge >= 0.3 is 6.08 Å². The predicted molar refractivity (Wildman–Crippen MR) is 58.0 cm³/mol. The maximum atomic E-state index is 5.50. The van der Waals surface area contributed by atoms with Gasteiger partial charge in [-0.1, -0.05) is 12.1 Å². The van der Waals surface area contributed by atoms with E-state index >= 15 is 0 Å². The van der Waals surface area contributed by atoms with Gasteiger partial charge in [0.2, 0.25) is 0 Å². The minimum absolute atomic E-state index is 0.0445. The summed E-state index contributed by atoms with van der Waals surface area (Å²) >= 11 is 0. The van der Waals surface area contributed by atoms with Gasteiger partial charge in [0, 0.05) is 6.54 Å². The maximum Gasteiger partial charge on any atom is 0.394 e. The lowest BCUT2D eigenvalue weighted by atomic mass is 10.3. The van der Waals surface area contributed by atoms with E-state index in [9.17, 15) is 0 Å². The third-order valence-electron chi connectivity index (χ3n) is 2.07. The van der Waals surface area contributed by atoms with Gasteiger partial charge in [-0.25, -0.2) is 0 Å². The first-order valence-electron chi connectivity index (χ1n) is 4.96. The van der Waals surface area contributed by atoms with Crippen molar-refractivity contribution in [2.45, 2.75) is 13.0 Å². The van der Waals surface area contributed by atoms with Crippen LogP contribution in [0, 0.1) is 0 Å². The van der Waals surface area contributed by atoms with Crippen LogP contribution in [0.5, 0.6) is 6.08 Å². The molecule has 0 saturated heterocycles. The molecule has 1 aromatic heterocycles. The molecule has 1 N–H and O–H groups in total. The molecule has 80 valence electrons. The Balaban J connectivity index is 2.15. The Hall–Kier alpha value is -1.55. The van der Waals surface area contributed by atoms with Crippen LogP contribution in [0.15, 0.2) is 28.7 Å². The van der Waals surface area contributed by atoms with Crippen molar-refractivity contribution in [2.24, 2.45) is 0 Å². The molecule has 1 unspecified atom stereocenters. The number of nitrogens with zero attached hydrogens (tertiary/aromatic N) is 1. The number of ether oxygens (including phenoxy) is 1. The Labute approximate surface area is 88.3 Å². The van der Waals surface area contributed by atoms with Crippen molar-refractivity contribution in [3.63, 3.8) is 0 Å². The van der Waals surface area contributed by atoms with E-state index in [1.54, 1.807) is 0 Å². The van der Waals surface area contributed by atoms with Gasteiger partial charge in [0.1, 0.15) is 11.6 Å². The second kappa shape index (κ2) is 4.31. The SMILES string of the molecule is CNCC(C)Oc1nc2ccccc2o1. The molecule has 0 aliphatic carbocycles. The molecule has 0 saturated carbocycles. The molecule has 0 aliphatic rings. The highest BCUT2D eigenvalue weighted by molar-refractivity contribution is 5.72. The molecule has 4 heteroatoms. The second-order valence-corrected chi connectivity index (χ2v) is 3.43. The summed E-state index contributed by atoms with van der Waals surface area (Å²) in [5.41, 5.74) is 1.58. The Bertz CT molecular complexity index is 406. The van der Waals surface area contributed by atoms with Gasteiger partial charge in [0.15, 0.2) is 5.58 Å². The Morgan fingerprint density at radius 1 is 1.47 bits per heavy atom. The third kappa shape index (κ3) is 2.27. The van der Waals surface area contributed by atoms with Crippen LogP contribution in [0.2, 0.25) is 0 Å². The molecule has 2 aromatic rings. The van der Waals surface area contributed by atoms with E-state index in [4.69, 9.17) is 9.15 Å². The monoisotopic (exact) mass is 206 g/mol. The third-order valence-corrected chi connectivity index (χ3v) is 2.07. The first-order valence-corrected chi connectivity index (χ1v) is 4.96. The lowest BCUT2D eigenvalue weighted by Crippen LogP contribution is -2.26. The average molecular weight is 206 g/mol. The van der Waals surface area contributed by atoms with Crippen molar-refractivity contribution in [2.75, 3.05) is 13.6 Å². The summed E-state index contributed by atoms with van der Waals surface area (Å²) in [5.74, 6) is 0. The minimum atomic E-state index is 0.0445. The van der Waals surface area contributed by atoms with Crippen LogP contribution in [-0.4, -0.2) is 24.7 Å². The predicted octanol–water partition coefficient (Wildman–Crippen LogP) is 1.81. The number of nitrogens with one attached hydrogen (secondary N) is 1. The van der Waals surface area contributed by atoms with Gasteiger partial charge in [-0.15, -0.1) is 0 Å². The van der Waals surface area contributed by atoms with Gasteiger partial charge in [-0.3, -0.25) is 0 Å². The molecular weight excluding hydrogens is 192 g/mol. The number of benzene rings is 1. The fraction of sp³-hybridized carbons (Fsp3) is 0.364. The largest absolute Gasteiger partial charge is 0.446 e. The molecule has 2 rings (SSSR count). The van der Waals surface area contributed by atoms with Crippen LogP contribution in [0.4, 0.5) is 0 Å². The van der Waals surface area contributed by atoms with Crippen LogP contribution in [0.3, 0.4) is 0 Å². The molecule has 1 aromatic carbocycles. The Kier molecular flexibility index (Phi) is 2.87. The van der Waals surface area contributed by atoms with Crippen molar-refractivity contribution in [3.8, 4) is 6.08 Å². The van der Waals surface area contributed by atoms with Crippen molar-refractivity contribution in [1.82, 2.24) is 10.3 Å². The van der Waals surface area contributed by atoms with Crippen LogP contribution in [0.25, 0.3) is 11.1 Å². The lowest BCUT2D eigenvalue weighted by Gasteiger charge is -2.09. The van der Waals surface area contributed by atoms with Crippen LogP contribution in [0.1, 0.15) is 6.92 Å². The molecule has 0 fully saturated rings. The number of hydrogen-bond acceptors (Lipinski definition) is 4. The summed E-state index contributed by atoms with van der Waals surface area (Å²) in [5, 5.41) is 3.03. The molecule has 0 radical (unpaired) electrons. The summed E-state index contributed by atoms with van der Waals surface area (Å²) in [6, 6.07) is 7.60. The van der Waals surface area contributed by atoms with Crippen molar-refractivity contribution in [3.05, 3.63) is 24.3 Å². The molecule has 0 spiro atoms. The minimum Gasteiger partial charge on any atom is -0.446 e. The Morgan fingerprint density at radius 2 is 2.27 bits per heavy atom. The second-order valence-electron chi connectivity index (χ2n) is 3.43. The zero-order valence-electron chi connectivity index (χ0n) is 8.86. The number of oxazole rings is 1. The van der Waals surface area contributed by atoms with E-state index in [1.807, 2.05) is 38.2 Å². The molecule has 0 bridgehead atoms. The normalized spacial score (nSPS) is 12.9. The molecule has 1 atom stereocenters. The van der Waals surface area contributed by atoms with E-state index < -0.39 is 0 Å². The van der Waals surface area contributed by atoms with E-state index in [2.05, 4.69) is 10.3 Å². The standard InChI is InChI=1S/C11H14N2O2/c1-8(7-12-2)14-11-13-9-5-3-4-6-10(9)15-11/h3-6,8,12H,7H2,1-2H3. The number of para-hydroxylation sites is 2. The molecule has 4 nitrogen and oxygen atoms in total. The lowest BCUT2D eigenvalue weighted by molar-refractivity contribution is 0.165. The summed E-state index contributed by atoms with van der Waals surface area (Å²) < 4.78 is 10.9. The van der Waals surface area contributed by atoms with Gasteiger partial charge in [-0.05, 0) is 26.1 Å². The first-order chi connectivity index (χ1) is 7.29. The number of fused-ring (bicyclic) bond motifs is 1.